The van der Waals surface area contributed by atoms with Crippen LogP contribution in [0, 0.1) is 0 Å². The Bertz CT molecular complexity index is 694. The zero-order chi connectivity index (χ0) is 13.5. The molecule has 92 valence electrons. The van der Waals surface area contributed by atoms with Gasteiger partial charge >= 0.3 is 135 Å². The summed E-state index contributed by atoms with van der Waals surface area (Å²) in [5.74, 6) is 0. The standard InChI is InChI=1S/C18H14Si.Zr/c1-3-7-15-13(5-1)9-11-17(15)19-18-12-10-14-6-2-4-8-16(14)18;/h1-12,17-18H;/q;+2. The molecule has 0 aromatic heterocycles. The normalized spacial score (nSPS) is 21.9. The summed E-state index contributed by atoms with van der Waals surface area (Å²) in [5.41, 5.74) is 6.86. The third-order valence-corrected chi connectivity index (χ3v) is 11.2. The molecule has 0 amide bonds. The van der Waals surface area contributed by atoms with Crippen molar-refractivity contribution < 1.29 is 23.3 Å². The Labute approximate surface area is 134 Å². The summed E-state index contributed by atoms with van der Waals surface area (Å²) in [6.07, 6.45) is 9.53. The second-order valence-electron chi connectivity index (χ2n) is 5.39. The first-order chi connectivity index (χ1) is 9.84. The Morgan fingerprint density at radius 3 is 1.65 bits per heavy atom. The number of fused-ring (bicyclic) bond motifs is 2. The van der Waals surface area contributed by atoms with Gasteiger partial charge in [0.15, 0.2) is 0 Å². The summed E-state index contributed by atoms with van der Waals surface area (Å²) in [4.78, 5) is 0. The predicted molar refractivity (Wildman–Crippen MR) is 82.2 cm³/mol. The van der Waals surface area contributed by atoms with Crippen LogP contribution in [0.2, 0.25) is 0 Å². The Morgan fingerprint density at radius 1 is 0.700 bits per heavy atom. The van der Waals surface area contributed by atoms with Crippen molar-refractivity contribution in [3.05, 3.63) is 82.9 Å². The number of hydrogen-bond acceptors (Lipinski definition) is 0. The average Bonchev–Trinajstić information content (AvgIpc) is 3.11. The van der Waals surface area contributed by atoms with Gasteiger partial charge in [-0.3, -0.25) is 0 Å². The molecule has 0 aliphatic heterocycles. The van der Waals surface area contributed by atoms with Crippen molar-refractivity contribution in [2.45, 2.75) is 11.1 Å². The summed E-state index contributed by atoms with van der Waals surface area (Å²) in [7, 11) is 0. The summed E-state index contributed by atoms with van der Waals surface area (Å²) < 4.78 is 0. The van der Waals surface area contributed by atoms with Gasteiger partial charge in [0.25, 0.3) is 0 Å². The summed E-state index contributed by atoms with van der Waals surface area (Å²) in [6.45, 7) is 0. The van der Waals surface area contributed by atoms with E-state index < -0.39 is 5.43 Å². The molecule has 2 aromatic rings. The first kappa shape index (κ1) is 12.7. The van der Waals surface area contributed by atoms with Crippen molar-refractivity contribution in [1.82, 2.24) is 0 Å². The van der Waals surface area contributed by atoms with E-state index in [1.165, 1.54) is 11.1 Å². The van der Waals surface area contributed by atoms with Gasteiger partial charge in [0, 0.05) is 0 Å². The van der Waals surface area contributed by atoms with E-state index in [1.54, 1.807) is 34.5 Å². The molecular weight excluding hydrogens is 336 g/mol. The molecule has 2 aliphatic carbocycles. The number of hydrogen-bond donors (Lipinski definition) is 0. The second-order valence-corrected chi connectivity index (χ2v) is 11.8. The molecule has 2 aliphatic rings. The van der Waals surface area contributed by atoms with Crippen LogP contribution in [0.4, 0.5) is 0 Å². The van der Waals surface area contributed by atoms with Crippen LogP contribution in [0.3, 0.4) is 0 Å². The minimum absolute atomic E-state index is 0.452. The number of rotatable bonds is 2. The van der Waals surface area contributed by atoms with Crippen LogP contribution >= 0.6 is 0 Å². The quantitative estimate of drug-likeness (QED) is 0.712. The maximum absolute atomic E-state index is 2.45. The van der Waals surface area contributed by atoms with Crippen LogP contribution in [0.15, 0.2) is 60.7 Å². The predicted octanol–water partition coefficient (Wildman–Crippen LogP) is 4.22. The van der Waals surface area contributed by atoms with Crippen LogP contribution in [-0.2, 0) is 23.3 Å². The first-order valence-electron chi connectivity index (χ1n) is 6.97. The van der Waals surface area contributed by atoms with E-state index in [-0.39, 0.29) is 0 Å². The molecule has 0 spiro atoms. The molecule has 2 aromatic carbocycles. The van der Waals surface area contributed by atoms with Gasteiger partial charge in [0.1, 0.15) is 0 Å². The van der Waals surface area contributed by atoms with Gasteiger partial charge in [0.2, 0.25) is 0 Å². The Hall–Kier alpha value is -0.980. The Balaban J connectivity index is 1.71. The molecule has 0 nitrogen and oxygen atoms in total. The zero-order valence-corrected chi connectivity index (χ0v) is 14.5. The molecular formula is C18H14SiZr+2. The molecule has 2 atom stereocenters. The fourth-order valence-electron chi connectivity index (χ4n) is 3.23. The van der Waals surface area contributed by atoms with Gasteiger partial charge in [-0.2, -0.15) is 0 Å². The van der Waals surface area contributed by atoms with E-state index in [2.05, 4.69) is 72.8 Å². The van der Waals surface area contributed by atoms with Crippen molar-refractivity contribution in [3.8, 4) is 0 Å². The summed E-state index contributed by atoms with van der Waals surface area (Å²) >= 11 is 1.72. The molecule has 4 rings (SSSR count). The van der Waals surface area contributed by atoms with Crippen molar-refractivity contribution in [2.24, 2.45) is 0 Å². The van der Waals surface area contributed by atoms with E-state index in [1.807, 2.05) is 0 Å². The van der Waals surface area contributed by atoms with Gasteiger partial charge in [0.05, 0.1) is 0 Å². The van der Waals surface area contributed by atoms with E-state index in [0.717, 1.165) is 0 Å². The molecule has 0 radical (unpaired) electrons. The van der Waals surface area contributed by atoms with Crippen LogP contribution < -0.4 is 0 Å². The SMILES string of the molecule is [Zr+2]=[Si](C1C=Cc2ccccc21)C1C=Cc2ccccc21. The molecule has 0 heterocycles. The molecule has 0 bridgehead atoms. The first-order valence-corrected chi connectivity index (χ1v) is 12.3. The van der Waals surface area contributed by atoms with Crippen molar-refractivity contribution in [2.75, 3.05) is 0 Å². The molecule has 2 heteroatoms. The third kappa shape index (κ3) is 1.98. The topological polar surface area (TPSA) is 0 Å². The van der Waals surface area contributed by atoms with E-state index in [9.17, 15) is 0 Å². The van der Waals surface area contributed by atoms with Gasteiger partial charge in [-0.1, -0.05) is 0 Å². The Kier molecular flexibility index (Phi) is 3.24. The van der Waals surface area contributed by atoms with Crippen molar-refractivity contribution in [1.29, 1.82) is 0 Å². The third-order valence-electron chi connectivity index (χ3n) is 4.27. The van der Waals surface area contributed by atoms with Crippen LogP contribution in [0.25, 0.3) is 12.2 Å². The van der Waals surface area contributed by atoms with E-state index >= 15 is 0 Å². The maximum atomic E-state index is 2.45. The molecule has 0 fully saturated rings. The van der Waals surface area contributed by atoms with Crippen molar-refractivity contribution >= 4 is 17.6 Å². The van der Waals surface area contributed by atoms with Gasteiger partial charge in [-0.05, 0) is 0 Å². The average molecular weight is 350 g/mol. The monoisotopic (exact) mass is 348 g/mol. The Morgan fingerprint density at radius 2 is 1.15 bits per heavy atom. The van der Waals surface area contributed by atoms with Crippen molar-refractivity contribution in [3.63, 3.8) is 0 Å². The minimum atomic E-state index is -0.452. The molecule has 0 N–H and O–H groups in total. The fraction of sp³-hybridized carbons (Fsp3) is 0.111. The molecule has 0 saturated heterocycles. The van der Waals surface area contributed by atoms with Crippen LogP contribution in [-0.4, -0.2) is 5.43 Å². The summed E-state index contributed by atoms with van der Waals surface area (Å²) in [6, 6.07) is 17.8. The van der Waals surface area contributed by atoms with E-state index in [0.29, 0.717) is 11.1 Å². The van der Waals surface area contributed by atoms with Crippen LogP contribution in [0.1, 0.15) is 33.3 Å². The van der Waals surface area contributed by atoms with Crippen LogP contribution in [0.5, 0.6) is 0 Å². The fourth-order valence-corrected chi connectivity index (χ4v) is 9.14. The second kappa shape index (κ2) is 5.09. The van der Waals surface area contributed by atoms with Gasteiger partial charge < -0.3 is 0 Å². The summed E-state index contributed by atoms with van der Waals surface area (Å²) in [5, 5.41) is 0. The molecule has 0 saturated carbocycles. The van der Waals surface area contributed by atoms with E-state index in [4.69, 9.17) is 0 Å². The number of allylic oxidation sites excluding steroid dienone is 2. The number of benzene rings is 2. The molecule has 2 unspecified atom stereocenters. The molecule has 20 heavy (non-hydrogen) atoms. The van der Waals surface area contributed by atoms with Gasteiger partial charge in [-0.15, -0.1) is 0 Å². The zero-order valence-electron chi connectivity index (χ0n) is 11.1. The van der Waals surface area contributed by atoms with Gasteiger partial charge in [-0.25, -0.2) is 0 Å².